The summed E-state index contributed by atoms with van der Waals surface area (Å²) >= 11 is 1.33. The lowest BCUT2D eigenvalue weighted by atomic mass is 10.2. The van der Waals surface area contributed by atoms with Crippen LogP contribution >= 0.6 is 11.8 Å². The zero-order chi connectivity index (χ0) is 10.8. The average molecular weight is 215 g/mol. The predicted molar refractivity (Wildman–Crippen MR) is 64.8 cm³/mol. The number of rotatable bonds is 6. The molecule has 1 unspecified atom stereocenters. The highest BCUT2D eigenvalue weighted by Gasteiger charge is 2.03. The smallest absolute Gasteiger partial charge is 0.279 e. The zero-order valence-corrected chi connectivity index (χ0v) is 10.2. The van der Waals surface area contributed by atoms with Crippen LogP contribution in [-0.2, 0) is 0 Å². The lowest BCUT2D eigenvalue weighted by molar-refractivity contribution is 0.262. The summed E-state index contributed by atoms with van der Waals surface area (Å²) < 4.78 is 0. The third kappa shape index (κ3) is 8.17. The van der Waals surface area contributed by atoms with Gasteiger partial charge in [-0.3, -0.25) is 4.79 Å². The highest BCUT2D eigenvalue weighted by molar-refractivity contribution is 8.14. The molecule has 0 spiro atoms. The maximum absolute atomic E-state index is 11.0. The first-order valence-corrected chi connectivity index (χ1v) is 6.13. The van der Waals surface area contributed by atoms with Gasteiger partial charge in [-0.2, -0.15) is 0 Å². The number of carbonyl (C=O) groups is 1. The first kappa shape index (κ1) is 13.6. The Morgan fingerprint density at radius 2 is 2.21 bits per heavy atom. The number of nitrogens with one attached hydrogen (secondary N) is 1. The van der Waals surface area contributed by atoms with Crippen molar-refractivity contribution in [2.75, 3.05) is 7.05 Å². The normalized spacial score (nSPS) is 13.1. The first-order valence-electron chi connectivity index (χ1n) is 5.25. The van der Waals surface area contributed by atoms with Crippen molar-refractivity contribution in [1.29, 1.82) is 0 Å². The van der Waals surface area contributed by atoms with Crippen LogP contribution in [-0.4, -0.2) is 17.5 Å². The van der Waals surface area contributed by atoms with E-state index in [1.54, 1.807) is 7.05 Å². The Labute approximate surface area is 91.5 Å². The van der Waals surface area contributed by atoms with Crippen molar-refractivity contribution in [1.82, 2.24) is 5.32 Å². The van der Waals surface area contributed by atoms with Crippen LogP contribution in [0.1, 0.15) is 39.5 Å². The molecule has 0 aromatic rings. The molecule has 0 rings (SSSR count). The van der Waals surface area contributed by atoms with E-state index in [0.29, 0.717) is 0 Å². The molecule has 3 heteroatoms. The fraction of sp³-hybridized carbons (Fsp3) is 0.727. The minimum atomic E-state index is 0.0377. The quantitative estimate of drug-likeness (QED) is 0.542. The highest BCUT2D eigenvalue weighted by atomic mass is 32.2. The molecule has 2 nitrogen and oxygen atoms in total. The summed E-state index contributed by atoms with van der Waals surface area (Å²) in [6.45, 7) is 4.24. The van der Waals surface area contributed by atoms with Gasteiger partial charge in [-0.15, -0.1) is 0 Å². The van der Waals surface area contributed by atoms with Gasteiger partial charge >= 0.3 is 0 Å². The van der Waals surface area contributed by atoms with Gasteiger partial charge in [-0.25, -0.2) is 0 Å². The summed E-state index contributed by atoms with van der Waals surface area (Å²) in [7, 11) is 1.66. The molecule has 0 aromatic heterocycles. The van der Waals surface area contributed by atoms with Crippen LogP contribution in [0.15, 0.2) is 12.2 Å². The number of hydrogen-bond acceptors (Lipinski definition) is 2. The number of thioether (sulfide) groups is 1. The van der Waals surface area contributed by atoms with Gasteiger partial charge in [-0.1, -0.05) is 43.7 Å². The lowest BCUT2D eigenvalue weighted by Gasteiger charge is -2.03. The van der Waals surface area contributed by atoms with Crippen molar-refractivity contribution in [3.8, 4) is 0 Å². The Kier molecular flexibility index (Phi) is 8.84. The summed E-state index contributed by atoms with van der Waals surface area (Å²) in [6, 6.07) is 0. The van der Waals surface area contributed by atoms with E-state index in [1.165, 1.54) is 31.0 Å². The molecule has 0 bridgehead atoms. The van der Waals surface area contributed by atoms with Crippen LogP contribution in [0.4, 0.5) is 4.79 Å². The van der Waals surface area contributed by atoms with Crippen LogP contribution in [0.25, 0.3) is 0 Å². The molecule has 0 saturated heterocycles. The number of amides is 1. The van der Waals surface area contributed by atoms with E-state index in [2.05, 4.69) is 24.4 Å². The van der Waals surface area contributed by atoms with E-state index < -0.39 is 0 Å². The maximum atomic E-state index is 11.0. The second-order valence-corrected chi connectivity index (χ2v) is 4.63. The minimum Gasteiger partial charge on any atom is -0.350 e. The standard InChI is InChI=1S/C11H21NOS/c1-4-5-6-7-8-9-10(2)14-11(13)12-3/h8-10H,4-7H2,1-3H3,(H,12,13). The molecule has 0 heterocycles. The molecule has 0 fully saturated rings. The van der Waals surface area contributed by atoms with Crippen LogP contribution in [0.3, 0.4) is 0 Å². The fourth-order valence-electron chi connectivity index (χ4n) is 1.07. The Balaban J connectivity index is 3.50. The van der Waals surface area contributed by atoms with Gasteiger partial charge in [0, 0.05) is 12.3 Å². The second kappa shape index (κ2) is 9.13. The van der Waals surface area contributed by atoms with Gasteiger partial charge in [0.25, 0.3) is 5.24 Å². The second-order valence-electron chi connectivity index (χ2n) is 3.28. The van der Waals surface area contributed by atoms with Crippen LogP contribution < -0.4 is 5.32 Å². The summed E-state index contributed by atoms with van der Waals surface area (Å²) in [5.74, 6) is 0. The Morgan fingerprint density at radius 1 is 1.50 bits per heavy atom. The molecular weight excluding hydrogens is 194 g/mol. The van der Waals surface area contributed by atoms with Gasteiger partial charge in [-0.05, 0) is 19.8 Å². The van der Waals surface area contributed by atoms with Gasteiger partial charge in [0.1, 0.15) is 0 Å². The SMILES string of the molecule is CCCCCC=CC(C)SC(=O)NC. The number of unbranched alkanes of at least 4 members (excludes halogenated alkanes) is 3. The van der Waals surface area contributed by atoms with Crippen LogP contribution in [0, 0.1) is 0 Å². The largest absolute Gasteiger partial charge is 0.350 e. The van der Waals surface area contributed by atoms with Crippen molar-refractivity contribution >= 4 is 17.0 Å². The topological polar surface area (TPSA) is 29.1 Å². The van der Waals surface area contributed by atoms with Crippen molar-refractivity contribution < 1.29 is 4.79 Å². The molecule has 0 radical (unpaired) electrons. The number of hydrogen-bond donors (Lipinski definition) is 1. The number of carbonyl (C=O) groups excluding carboxylic acids is 1. The van der Waals surface area contributed by atoms with Gasteiger partial charge < -0.3 is 5.32 Å². The third-order valence-electron chi connectivity index (χ3n) is 1.88. The minimum absolute atomic E-state index is 0.0377. The molecule has 1 N–H and O–H groups in total. The molecule has 0 saturated carbocycles. The van der Waals surface area contributed by atoms with Gasteiger partial charge in [0.15, 0.2) is 0 Å². The molecule has 82 valence electrons. The molecule has 1 atom stereocenters. The summed E-state index contributed by atoms with van der Waals surface area (Å²) in [5, 5.41) is 2.91. The Hall–Kier alpha value is -0.440. The Morgan fingerprint density at radius 3 is 2.79 bits per heavy atom. The van der Waals surface area contributed by atoms with Crippen molar-refractivity contribution in [3.63, 3.8) is 0 Å². The summed E-state index contributed by atoms with van der Waals surface area (Å²) in [5.41, 5.74) is 0. The van der Waals surface area contributed by atoms with Crippen LogP contribution in [0.5, 0.6) is 0 Å². The van der Waals surface area contributed by atoms with E-state index in [0.717, 1.165) is 6.42 Å². The van der Waals surface area contributed by atoms with Crippen molar-refractivity contribution in [2.24, 2.45) is 0 Å². The predicted octanol–water partition coefficient (Wildman–Crippen LogP) is 3.58. The van der Waals surface area contributed by atoms with Crippen molar-refractivity contribution in [3.05, 3.63) is 12.2 Å². The maximum Gasteiger partial charge on any atom is 0.279 e. The monoisotopic (exact) mass is 215 g/mol. The van der Waals surface area contributed by atoms with Gasteiger partial charge in [0.05, 0.1) is 0 Å². The van der Waals surface area contributed by atoms with E-state index in [9.17, 15) is 4.79 Å². The highest BCUT2D eigenvalue weighted by Crippen LogP contribution is 2.12. The Bertz CT molecular complexity index is 180. The molecule has 0 aliphatic carbocycles. The molecular formula is C11H21NOS. The van der Waals surface area contributed by atoms with Gasteiger partial charge in [0.2, 0.25) is 0 Å². The lowest BCUT2D eigenvalue weighted by Crippen LogP contribution is -2.13. The fourth-order valence-corrected chi connectivity index (χ4v) is 1.71. The zero-order valence-electron chi connectivity index (χ0n) is 9.38. The molecule has 0 aliphatic rings. The van der Waals surface area contributed by atoms with Crippen molar-refractivity contribution in [2.45, 2.75) is 44.8 Å². The number of allylic oxidation sites excluding steroid dienone is 1. The third-order valence-corrected chi connectivity index (χ3v) is 2.83. The molecule has 1 amide bonds. The summed E-state index contributed by atoms with van der Waals surface area (Å²) in [4.78, 5) is 11.0. The van der Waals surface area contributed by atoms with E-state index >= 15 is 0 Å². The summed E-state index contributed by atoms with van der Waals surface area (Å²) in [6.07, 6.45) is 9.22. The molecule has 14 heavy (non-hydrogen) atoms. The molecule has 0 aromatic carbocycles. The van der Waals surface area contributed by atoms with E-state index in [1.807, 2.05) is 6.92 Å². The average Bonchev–Trinajstić information content (AvgIpc) is 2.17. The van der Waals surface area contributed by atoms with E-state index in [-0.39, 0.29) is 10.5 Å². The molecule has 0 aliphatic heterocycles. The van der Waals surface area contributed by atoms with E-state index in [4.69, 9.17) is 0 Å². The van der Waals surface area contributed by atoms with Crippen LogP contribution in [0.2, 0.25) is 0 Å². The first-order chi connectivity index (χ1) is 6.70.